The van der Waals surface area contributed by atoms with Gasteiger partial charge in [0.25, 0.3) is 0 Å². The number of hydrogen-bond donors (Lipinski definition) is 0. The van der Waals surface area contributed by atoms with Gasteiger partial charge in [-0.1, -0.05) is 0 Å². The topological polar surface area (TPSA) is 17.1 Å². The van der Waals surface area contributed by atoms with E-state index in [1.165, 1.54) is 0 Å². The Kier molecular flexibility index (Phi) is 117. The van der Waals surface area contributed by atoms with Crippen molar-refractivity contribution >= 4 is 62.8 Å². The van der Waals surface area contributed by atoms with Gasteiger partial charge >= 0.3 is 69.2 Å². The van der Waals surface area contributed by atoms with Gasteiger partial charge in [0, 0.05) is 35.6 Å². The van der Waals surface area contributed by atoms with Gasteiger partial charge in [0.2, 0.25) is 0 Å². The van der Waals surface area contributed by atoms with Crippen LogP contribution in [0.1, 0.15) is 2.85 Å². The summed E-state index contributed by atoms with van der Waals surface area (Å²) in [5, 5.41) is 0. The van der Waals surface area contributed by atoms with Crippen molar-refractivity contribution in [3.8, 4) is 0 Å². The zero-order valence-corrected chi connectivity index (χ0v) is 10.9. The van der Waals surface area contributed by atoms with Crippen LogP contribution >= 0.6 is 0 Å². The Morgan fingerprint density at radius 3 is 1.40 bits per heavy atom. The first kappa shape index (κ1) is 23.3. The van der Waals surface area contributed by atoms with Crippen LogP contribution in [0.2, 0.25) is 0 Å². The summed E-state index contributed by atoms with van der Waals surface area (Å²) in [6.45, 7) is 0. The van der Waals surface area contributed by atoms with E-state index in [4.69, 9.17) is 3.32 Å². The van der Waals surface area contributed by atoms with Crippen molar-refractivity contribution in [1.82, 2.24) is 0 Å². The van der Waals surface area contributed by atoms with Crippen LogP contribution in [0.15, 0.2) is 0 Å². The predicted molar refractivity (Wildman–Crippen MR) is 18.6 cm³/mol. The average molecular weight is 322 g/mol. The van der Waals surface area contributed by atoms with Gasteiger partial charge in [-0.25, -0.2) is 0 Å². The fourth-order valence-electron chi connectivity index (χ4n) is 0. The molecule has 0 rings (SSSR count). The van der Waals surface area contributed by atoms with E-state index in [9.17, 15) is 0 Å². The molecule has 0 aliphatic heterocycles. The SMILES string of the molecule is [AlH3].[H-].[H-].[La].[O]=[Ti].[Sr+2]. The van der Waals surface area contributed by atoms with Crippen molar-refractivity contribution in [3.05, 3.63) is 0 Å². The van der Waals surface area contributed by atoms with E-state index in [1.807, 2.05) is 0 Å². The molecule has 0 bridgehead atoms. The molecule has 1 nitrogen and oxygen atoms in total. The van der Waals surface area contributed by atoms with E-state index < -0.39 is 0 Å². The van der Waals surface area contributed by atoms with Crippen molar-refractivity contribution < 1.29 is 62.2 Å². The van der Waals surface area contributed by atoms with Gasteiger partial charge in [-0.3, -0.25) is 0 Å². The standard InChI is InChI=1S/Al.La.O.Sr.Ti.5H/q;;;+2;;;;;2*-1. The van der Waals surface area contributed by atoms with Crippen LogP contribution < -0.4 is 0 Å². The molecule has 0 aromatic rings. The zero-order chi connectivity index (χ0) is 2.00. The summed E-state index contributed by atoms with van der Waals surface area (Å²) < 4.78 is 8.25. The first-order valence-electron chi connectivity index (χ1n) is 0.204. The number of hydrogen-bond acceptors (Lipinski definition) is 1. The molecule has 0 amide bonds. The summed E-state index contributed by atoms with van der Waals surface area (Å²) in [5.41, 5.74) is 0. The third-order valence-corrected chi connectivity index (χ3v) is 0. The maximum Gasteiger partial charge on any atom is 2.00 e. The minimum absolute atomic E-state index is 0. The Labute approximate surface area is 122 Å². The molecular weight excluding hydrogens is 317 g/mol. The normalized spacial score (nSPS) is 0.600. The largest absolute Gasteiger partial charge is 2.00 e. The van der Waals surface area contributed by atoms with Gasteiger partial charge in [0.15, 0.2) is 17.4 Å². The van der Waals surface area contributed by atoms with E-state index >= 15 is 0 Å². The van der Waals surface area contributed by atoms with E-state index in [2.05, 4.69) is 0 Å². The van der Waals surface area contributed by atoms with Crippen LogP contribution in [0, 0.1) is 35.6 Å². The van der Waals surface area contributed by atoms with Crippen molar-refractivity contribution in [2.24, 2.45) is 0 Å². The molecule has 0 aliphatic rings. The third kappa shape index (κ3) is 18.3. The first-order valence-corrected chi connectivity index (χ1v) is 0.842. The van der Waals surface area contributed by atoms with Crippen molar-refractivity contribution in [2.45, 2.75) is 0 Å². The Morgan fingerprint density at radius 2 is 1.40 bits per heavy atom. The van der Waals surface area contributed by atoms with E-state index in [1.54, 1.807) is 0 Å². The average Bonchev–Trinajstić information content (AvgIpc) is 1.00. The van der Waals surface area contributed by atoms with E-state index in [0.29, 0.717) is 0 Å². The van der Waals surface area contributed by atoms with Gasteiger partial charge in [-0.05, 0) is 0 Å². The minimum Gasteiger partial charge on any atom is 2.00 e. The summed E-state index contributed by atoms with van der Waals surface area (Å²) in [6.07, 6.45) is 0. The smallest absolute Gasteiger partial charge is 2.00 e. The van der Waals surface area contributed by atoms with Crippen LogP contribution in [0.4, 0.5) is 0 Å². The number of rotatable bonds is 0. The zero-order valence-electron chi connectivity index (χ0n) is 4.19. The van der Waals surface area contributed by atoms with Crippen molar-refractivity contribution in [1.29, 1.82) is 0 Å². The molecule has 5 heavy (non-hydrogen) atoms. The maximum absolute atomic E-state index is 8.25. The van der Waals surface area contributed by atoms with E-state index in [0.717, 1.165) is 20.4 Å². The second-order valence-corrected chi connectivity index (χ2v) is 0. The molecule has 0 spiro atoms. The molecule has 1 radical (unpaired) electrons. The molecule has 0 aliphatic carbocycles. The fraction of sp³-hybridized carbons (Fsp3) is 0. The van der Waals surface area contributed by atoms with Crippen molar-refractivity contribution in [2.75, 3.05) is 0 Å². The molecule has 0 saturated heterocycles. The van der Waals surface area contributed by atoms with Crippen molar-refractivity contribution in [3.63, 3.8) is 0 Å². The molecule has 0 unspecified atom stereocenters. The van der Waals surface area contributed by atoms with Crippen LogP contribution in [0.5, 0.6) is 0 Å². The minimum atomic E-state index is 0. The molecule has 0 aromatic heterocycles. The molecule has 0 atom stereocenters. The molecule has 0 N–H and O–H groups in total. The Morgan fingerprint density at radius 1 is 1.40 bits per heavy atom. The van der Waals surface area contributed by atoms with E-state index in [-0.39, 0.29) is 101 Å². The summed E-state index contributed by atoms with van der Waals surface area (Å²) >= 11 is 0.750. The molecule has 5 heteroatoms. The molecular formula is H5AlLaOSrTi. The second-order valence-electron chi connectivity index (χ2n) is 0. The maximum atomic E-state index is 8.25. The van der Waals surface area contributed by atoms with Gasteiger partial charge in [0.05, 0.1) is 0 Å². The van der Waals surface area contributed by atoms with Crippen LogP contribution in [0.25, 0.3) is 0 Å². The molecule has 0 saturated carbocycles. The van der Waals surface area contributed by atoms with Crippen LogP contribution in [-0.4, -0.2) is 62.8 Å². The van der Waals surface area contributed by atoms with Crippen LogP contribution in [0.3, 0.4) is 0 Å². The summed E-state index contributed by atoms with van der Waals surface area (Å²) in [6, 6.07) is 0. The van der Waals surface area contributed by atoms with Gasteiger partial charge in [0.1, 0.15) is 0 Å². The summed E-state index contributed by atoms with van der Waals surface area (Å²) in [5.74, 6) is 0. The molecule has 23 valence electrons. The monoisotopic (exact) mass is 323 g/mol. The Hall–Kier alpha value is 3.72. The van der Waals surface area contributed by atoms with Gasteiger partial charge in [-0.2, -0.15) is 0 Å². The summed E-state index contributed by atoms with van der Waals surface area (Å²) in [7, 11) is 0. The first-order chi connectivity index (χ1) is 1.00. The second kappa shape index (κ2) is 25.2. The fourth-order valence-corrected chi connectivity index (χ4v) is 0. The van der Waals surface area contributed by atoms with Gasteiger partial charge in [-0.15, -0.1) is 0 Å². The molecule has 0 aromatic carbocycles. The quantitative estimate of drug-likeness (QED) is 0.498. The third-order valence-electron chi connectivity index (χ3n) is 0. The Bertz CT molecular complexity index is 17.7. The predicted octanol–water partition coefficient (Wildman–Crippen LogP) is -1.46. The summed E-state index contributed by atoms with van der Waals surface area (Å²) in [4.78, 5) is 0. The molecule has 0 fully saturated rings. The Balaban J connectivity index is -0.000000000500. The molecule has 0 heterocycles. The van der Waals surface area contributed by atoms with Crippen LogP contribution in [-0.2, 0) is 23.7 Å². The van der Waals surface area contributed by atoms with Gasteiger partial charge < -0.3 is 2.85 Å².